The number of amides is 1. The fourth-order valence-corrected chi connectivity index (χ4v) is 3.53. The minimum absolute atomic E-state index is 0.174. The van der Waals surface area contributed by atoms with Crippen molar-refractivity contribution in [2.24, 2.45) is 5.10 Å². The van der Waals surface area contributed by atoms with E-state index in [0.717, 1.165) is 17.1 Å². The largest absolute Gasteiger partial charge is 0.378 e. The highest BCUT2D eigenvalue weighted by molar-refractivity contribution is 14.1. The molecule has 0 aliphatic rings. The van der Waals surface area contributed by atoms with Gasteiger partial charge in [-0.15, -0.1) is 16.8 Å². The molecule has 1 amide bonds. The molecular formula is C20H20IN7OS. The minimum atomic E-state index is -0.225. The van der Waals surface area contributed by atoms with Gasteiger partial charge in [-0.3, -0.25) is 9.78 Å². The summed E-state index contributed by atoms with van der Waals surface area (Å²) in [4.78, 5) is 16.0. The molecule has 0 saturated carbocycles. The summed E-state index contributed by atoms with van der Waals surface area (Å²) < 4.78 is 3.11. The molecule has 0 aliphatic carbocycles. The monoisotopic (exact) mass is 533 g/mol. The molecule has 0 aliphatic heterocycles. The van der Waals surface area contributed by atoms with Crippen LogP contribution in [-0.4, -0.2) is 37.6 Å². The molecule has 3 rings (SSSR count). The lowest BCUT2D eigenvalue weighted by Gasteiger charge is -2.09. The number of pyridine rings is 1. The predicted octanol–water partition coefficient (Wildman–Crippen LogP) is 3.32. The first-order chi connectivity index (χ1) is 14.7. The average molecular weight is 533 g/mol. The van der Waals surface area contributed by atoms with E-state index in [1.54, 1.807) is 36.8 Å². The number of carbonyl (C=O) groups excluding carboxylic acids is 1. The third-order valence-electron chi connectivity index (χ3n) is 3.84. The number of nitrogens with one attached hydrogen (secondary N) is 2. The van der Waals surface area contributed by atoms with E-state index in [-0.39, 0.29) is 11.7 Å². The number of allylic oxidation sites excluding steroid dienone is 1. The van der Waals surface area contributed by atoms with E-state index in [1.165, 1.54) is 15.3 Å². The highest BCUT2D eigenvalue weighted by Gasteiger charge is 2.13. The fourth-order valence-electron chi connectivity index (χ4n) is 2.41. The Kier molecular flexibility index (Phi) is 8.39. The molecule has 3 aromatic rings. The van der Waals surface area contributed by atoms with Crippen LogP contribution in [0.5, 0.6) is 0 Å². The van der Waals surface area contributed by atoms with Crippen LogP contribution >= 0.6 is 34.4 Å². The van der Waals surface area contributed by atoms with Gasteiger partial charge in [0.25, 0.3) is 5.91 Å². The van der Waals surface area contributed by atoms with E-state index >= 15 is 0 Å². The number of hydrogen-bond acceptors (Lipinski definition) is 7. The van der Waals surface area contributed by atoms with Gasteiger partial charge in [-0.2, -0.15) is 5.10 Å². The molecule has 0 saturated heterocycles. The van der Waals surface area contributed by atoms with E-state index < -0.39 is 0 Å². The Hall–Kier alpha value is -2.73. The molecule has 8 nitrogen and oxygen atoms in total. The van der Waals surface area contributed by atoms with Crippen LogP contribution in [0.2, 0.25) is 0 Å². The number of halogens is 1. The highest BCUT2D eigenvalue weighted by atomic mass is 127. The van der Waals surface area contributed by atoms with Crippen LogP contribution in [0, 0.1) is 3.57 Å². The lowest BCUT2D eigenvalue weighted by atomic mass is 10.3. The molecule has 0 bridgehead atoms. The molecule has 2 aromatic heterocycles. The second kappa shape index (κ2) is 11.5. The number of rotatable bonds is 10. The van der Waals surface area contributed by atoms with Crippen LogP contribution in [0.1, 0.15) is 11.4 Å². The molecule has 0 spiro atoms. The average Bonchev–Trinajstić information content (AvgIpc) is 3.14. The quantitative estimate of drug-likeness (QED) is 0.137. The van der Waals surface area contributed by atoms with Crippen molar-refractivity contribution in [1.29, 1.82) is 0 Å². The third kappa shape index (κ3) is 6.66. The molecule has 10 heteroatoms. The molecule has 1 aromatic carbocycles. The third-order valence-corrected chi connectivity index (χ3v) is 5.53. The van der Waals surface area contributed by atoms with Gasteiger partial charge in [0.1, 0.15) is 0 Å². The topological polar surface area (TPSA) is 97.1 Å². The number of hydrazone groups is 1. The van der Waals surface area contributed by atoms with Crippen molar-refractivity contribution in [3.8, 4) is 0 Å². The lowest BCUT2D eigenvalue weighted by molar-refractivity contribution is -0.118. The van der Waals surface area contributed by atoms with Crippen molar-refractivity contribution >= 4 is 52.2 Å². The van der Waals surface area contributed by atoms with Crippen molar-refractivity contribution in [3.05, 3.63) is 76.4 Å². The Morgan fingerprint density at radius 2 is 1.97 bits per heavy atom. The molecule has 0 radical (unpaired) electrons. The summed E-state index contributed by atoms with van der Waals surface area (Å²) in [5.41, 5.74) is 4.37. The summed E-state index contributed by atoms with van der Waals surface area (Å²) in [5, 5.41) is 16.4. The maximum absolute atomic E-state index is 12.1. The Morgan fingerprint density at radius 3 is 2.70 bits per heavy atom. The molecule has 0 unspecified atom stereocenters. The van der Waals surface area contributed by atoms with Crippen molar-refractivity contribution in [1.82, 2.24) is 25.2 Å². The standard InChI is InChI=1S/C20H20IN7OS/c1-2-11-28-18(13-23-17-5-3-16(21)4-6-17)25-27-20(28)30-14-19(29)26-24-12-15-7-9-22-10-8-15/h2-10,12,23H,1,11,13-14H2,(H,26,29). The SMILES string of the molecule is C=CCn1c(CNc2ccc(I)cc2)nnc1SCC(=O)NN=Cc1ccncc1. The molecule has 30 heavy (non-hydrogen) atoms. The first-order valence-corrected chi connectivity index (χ1v) is 11.1. The van der Waals surface area contributed by atoms with E-state index in [1.807, 2.05) is 28.8 Å². The number of nitrogens with zero attached hydrogens (tertiary/aromatic N) is 5. The van der Waals surface area contributed by atoms with Gasteiger partial charge in [0.15, 0.2) is 11.0 Å². The van der Waals surface area contributed by atoms with Gasteiger partial charge < -0.3 is 9.88 Å². The number of anilines is 1. The van der Waals surface area contributed by atoms with Gasteiger partial charge in [0.2, 0.25) is 0 Å². The summed E-state index contributed by atoms with van der Waals surface area (Å²) in [6, 6.07) is 11.7. The van der Waals surface area contributed by atoms with Crippen molar-refractivity contribution in [2.75, 3.05) is 11.1 Å². The van der Waals surface area contributed by atoms with Gasteiger partial charge in [0, 0.05) is 28.2 Å². The van der Waals surface area contributed by atoms with E-state index in [4.69, 9.17) is 0 Å². The fraction of sp³-hybridized carbons (Fsp3) is 0.150. The Morgan fingerprint density at radius 1 is 1.20 bits per heavy atom. The Labute approximate surface area is 192 Å². The predicted molar refractivity (Wildman–Crippen MR) is 127 cm³/mol. The van der Waals surface area contributed by atoms with E-state index in [0.29, 0.717) is 18.2 Å². The summed E-state index contributed by atoms with van der Waals surface area (Å²) in [6.07, 6.45) is 6.67. The molecular weight excluding hydrogens is 513 g/mol. The highest BCUT2D eigenvalue weighted by Crippen LogP contribution is 2.18. The van der Waals surface area contributed by atoms with Crippen molar-refractivity contribution in [2.45, 2.75) is 18.2 Å². The van der Waals surface area contributed by atoms with Crippen LogP contribution in [0.3, 0.4) is 0 Å². The normalized spacial score (nSPS) is 10.8. The summed E-state index contributed by atoms with van der Waals surface area (Å²) in [7, 11) is 0. The first kappa shape index (κ1) is 22.0. The van der Waals surface area contributed by atoms with Gasteiger partial charge in [-0.05, 0) is 64.6 Å². The summed E-state index contributed by atoms with van der Waals surface area (Å²) >= 11 is 3.57. The number of hydrogen-bond donors (Lipinski definition) is 2. The molecule has 2 N–H and O–H groups in total. The maximum atomic E-state index is 12.1. The summed E-state index contributed by atoms with van der Waals surface area (Å²) in [6.45, 7) is 4.88. The Bertz CT molecular complexity index is 1010. The van der Waals surface area contributed by atoms with Gasteiger partial charge in [-0.1, -0.05) is 17.8 Å². The molecule has 154 valence electrons. The number of benzene rings is 1. The second-order valence-corrected chi connectivity index (χ2v) is 8.21. The van der Waals surface area contributed by atoms with E-state index in [2.05, 4.69) is 60.2 Å². The first-order valence-electron chi connectivity index (χ1n) is 9.03. The van der Waals surface area contributed by atoms with Crippen LogP contribution in [0.15, 0.2) is 71.7 Å². The van der Waals surface area contributed by atoms with Crippen molar-refractivity contribution < 1.29 is 4.79 Å². The smallest absolute Gasteiger partial charge is 0.250 e. The number of aromatic nitrogens is 4. The van der Waals surface area contributed by atoms with Gasteiger partial charge in [-0.25, -0.2) is 5.43 Å². The second-order valence-electron chi connectivity index (χ2n) is 6.02. The molecule has 0 fully saturated rings. The minimum Gasteiger partial charge on any atom is -0.378 e. The van der Waals surface area contributed by atoms with Crippen LogP contribution in [0.25, 0.3) is 0 Å². The van der Waals surface area contributed by atoms with Crippen LogP contribution in [0.4, 0.5) is 5.69 Å². The van der Waals surface area contributed by atoms with Gasteiger partial charge >= 0.3 is 0 Å². The Balaban J connectivity index is 1.54. The van der Waals surface area contributed by atoms with E-state index in [9.17, 15) is 4.79 Å². The van der Waals surface area contributed by atoms with Crippen LogP contribution < -0.4 is 10.7 Å². The van der Waals surface area contributed by atoms with Crippen LogP contribution in [-0.2, 0) is 17.9 Å². The molecule has 0 atom stereocenters. The zero-order valence-electron chi connectivity index (χ0n) is 16.0. The number of thioether (sulfide) groups is 1. The zero-order chi connectivity index (χ0) is 21.2. The maximum Gasteiger partial charge on any atom is 0.250 e. The summed E-state index contributed by atoms with van der Waals surface area (Å²) in [5.74, 6) is 0.720. The number of carbonyl (C=O) groups is 1. The van der Waals surface area contributed by atoms with Crippen molar-refractivity contribution in [3.63, 3.8) is 0 Å². The lowest BCUT2D eigenvalue weighted by Crippen LogP contribution is -2.20. The zero-order valence-corrected chi connectivity index (χ0v) is 19.0. The van der Waals surface area contributed by atoms with Gasteiger partial charge in [0.05, 0.1) is 18.5 Å². The molecule has 2 heterocycles.